The van der Waals surface area contributed by atoms with Crippen molar-refractivity contribution in [2.75, 3.05) is 25.0 Å². The van der Waals surface area contributed by atoms with Crippen LogP contribution < -0.4 is 10.6 Å². The molecule has 0 aliphatic carbocycles. The van der Waals surface area contributed by atoms with Crippen LogP contribution in [0, 0.1) is 0 Å². The summed E-state index contributed by atoms with van der Waals surface area (Å²) in [6, 6.07) is 14.1. The monoisotopic (exact) mass is 622 g/mol. The lowest BCUT2D eigenvalue weighted by atomic mass is 9.89. The maximum Gasteiger partial charge on any atom is 0.416 e. The van der Waals surface area contributed by atoms with Crippen LogP contribution in [0.4, 0.5) is 18.3 Å². The van der Waals surface area contributed by atoms with Gasteiger partial charge in [-0.15, -0.1) is 11.3 Å². The zero-order chi connectivity index (χ0) is 28.0. The van der Waals surface area contributed by atoms with Crippen molar-refractivity contribution in [2.45, 2.75) is 50.7 Å². The zero-order valence-electron chi connectivity index (χ0n) is 21.4. The maximum atomic E-state index is 13.3. The van der Waals surface area contributed by atoms with Gasteiger partial charge in [0.15, 0.2) is 5.13 Å². The van der Waals surface area contributed by atoms with Crippen molar-refractivity contribution in [2.24, 2.45) is 0 Å². The van der Waals surface area contributed by atoms with E-state index in [2.05, 4.69) is 60.7 Å². The number of rotatable bonds is 9. The number of nitrogens with zero attached hydrogens (tertiary/aromatic N) is 2. The highest BCUT2D eigenvalue weighted by Gasteiger charge is 2.31. The summed E-state index contributed by atoms with van der Waals surface area (Å²) in [6.07, 6.45) is -1.92. The second-order valence-electron chi connectivity index (χ2n) is 9.69. The molecule has 2 amide bonds. The van der Waals surface area contributed by atoms with Gasteiger partial charge in [-0.2, -0.15) is 13.2 Å². The third kappa shape index (κ3) is 8.36. The largest absolute Gasteiger partial charge is 0.416 e. The van der Waals surface area contributed by atoms with Crippen LogP contribution in [-0.4, -0.2) is 41.3 Å². The summed E-state index contributed by atoms with van der Waals surface area (Å²) >= 11 is 4.36. The minimum absolute atomic E-state index is 0.0526. The molecule has 208 valence electrons. The molecule has 2 heterocycles. The summed E-state index contributed by atoms with van der Waals surface area (Å²) in [6.45, 7) is 3.85. The average Bonchev–Trinajstić information content (AvgIpc) is 3.35. The molecule has 3 aromatic rings. The van der Waals surface area contributed by atoms with Crippen LogP contribution in [0.5, 0.6) is 0 Å². The Morgan fingerprint density at radius 3 is 2.54 bits per heavy atom. The van der Waals surface area contributed by atoms with E-state index < -0.39 is 17.7 Å². The molecular weight excluding hydrogens is 593 g/mol. The fourth-order valence-corrected chi connectivity index (χ4v) is 6.17. The number of thiazole rings is 1. The smallest absolute Gasteiger partial charge is 0.351 e. The van der Waals surface area contributed by atoms with Crippen molar-refractivity contribution >= 4 is 44.2 Å². The first kappa shape index (κ1) is 29.2. The summed E-state index contributed by atoms with van der Waals surface area (Å²) in [5, 5.41) is 7.60. The fraction of sp³-hybridized carbons (Fsp3) is 0.393. The van der Waals surface area contributed by atoms with Crippen molar-refractivity contribution in [3.05, 3.63) is 80.8 Å². The normalized spacial score (nSPS) is 15.6. The molecule has 0 saturated carbocycles. The van der Waals surface area contributed by atoms with Crippen LogP contribution in [0.15, 0.2) is 58.4 Å². The molecule has 1 saturated heterocycles. The van der Waals surface area contributed by atoms with E-state index >= 15 is 0 Å². The van der Waals surface area contributed by atoms with Crippen molar-refractivity contribution < 1.29 is 22.8 Å². The van der Waals surface area contributed by atoms with Gasteiger partial charge in [-0.05, 0) is 74.1 Å². The van der Waals surface area contributed by atoms with Crippen molar-refractivity contribution in [1.82, 2.24) is 15.2 Å². The average molecular weight is 624 g/mol. The summed E-state index contributed by atoms with van der Waals surface area (Å²) in [4.78, 5) is 31.6. The van der Waals surface area contributed by atoms with Crippen LogP contribution in [-0.2, 0) is 22.3 Å². The van der Waals surface area contributed by atoms with Gasteiger partial charge >= 0.3 is 6.18 Å². The quantitative estimate of drug-likeness (QED) is 0.284. The SMILES string of the molecule is CC(=O)Nc1nc(C(CCN2CCC(c3ccccc3)CC2)C(=O)NCc2cc(Br)cc(C(F)(F)F)c2)cs1. The van der Waals surface area contributed by atoms with Gasteiger partial charge in [-0.25, -0.2) is 4.98 Å². The summed E-state index contributed by atoms with van der Waals surface area (Å²) in [5.41, 5.74) is 1.44. The Balaban J connectivity index is 1.42. The van der Waals surface area contributed by atoms with Crippen molar-refractivity contribution in [3.8, 4) is 0 Å². The summed E-state index contributed by atoms with van der Waals surface area (Å²) in [7, 11) is 0. The second kappa shape index (κ2) is 13.1. The maximum absolute atomic E-state index is 13.3. The summed E-state index contributed by atoms with van der Waals surface area (Å²) < 4.78 is 40.0. The molecule has 11 heteroatoms. The van der Waals surface area contributed by atoms with Gasteiger partial charge < -0.3 is 15.5 Å². The van der Waals surface area contributed by atoms with E-state index in [0.717, 1.165) is 38.1 Å². The number of hydrogen-bond donors (Lipinski definition) is 2. The Hall–Kier alpha value is -2.76. The topological polar surface area (TPSA) is 74.3 Å². The molecule has 0 radical (unpaired) electrons. The number of halogens is 4. The predicted octanol–water partition coefficient (Wildman–Crippen LogP) is 6.55. The van der Waals surface area contributed by atoms with E-state index in [1.807, 2.05) is 6.07 Å². The minimum Gasteiger partial charge on any atom is -0.351 e. The highest BCUT2D eigenvalue weighted by Crippen LogP contribution is 2.33. The number of amides is 2. The van der Waals surface area contributed by atoms with E-state index in [-0.39, 0.29) is 22.8 Å². The molecular formula is C28H30BrF3N4O2S. The Morgan fingerprint density at radius 2 is 1.87 bits per heavy atom. The molecule has 2 N–H and O–H groups in total. The number of aromatic nitrogens is 1. The molecule has 1 aromatic heterocycles. The molecule has 2 aromatic carbocycles. The van der Waals surface area contributed by atoms with E-state index in [9.17, 15) is 22.8 Å². The number of piperidine rings is 1. The number of benzene rings is 2. The van der Waals surface area contributed by atoms with Crippen molar-refractivity contribution in [1.29, 1.82) is 0 Å². The van der Waals surface area contributed by atoms with Crippen LogP contribution >= 0.6 is 27.3 Å². The van der Waals surface area contributed by atoms with Crippen LogP contribution in [0.3, 0.4) is 0 Å². The zero-order valence-corrected chi connectivity index (χ0v) is 23.8. The van der Waals surface area contributed by atoms with E-state index in [0.29, 0.717) is 35.3 Å². The van der Waals surface area contributed by atoms with Crippen LogP contribution in [0.1, 0.15) is 60.4 Å². The Labute approximate surface area is 238 Å². The Bertz CT molecular complexity index is 1280. The molecule has 39 heavy (non-hydrogen) atoms. The lowest BCUT2D eigenvalue weighted by molar-refractivity contribution is -0.137. The van der Waals surface area contributed by atoms with E-state index in [1.54, 1.807) is 11.4 Å². The molecule has 6 nitrogen and oxygen atoms in total. The van der Waals surface area contributed by atoms with E-state index in [4.69, 9.17) is 0 Å². The number of alkyl halides is 3. The molecule has 0 spiro atoms. The van der Waals surface area contributed by atoms with Gasteiger partial charge in [0, 0.05) is 23.3 Å². The third-order valence-electron chi connectivity index (χ3n) is 6.82. The Kier molecular flexibility index (Phi) is 9.79. The number of likely N-dealkylation sites (tertiary alicyclic amines) is 1. The first-order valence-electron chi connectivity index (χ1n) is 12.7. The molecule has 1 atom stereocenters. The predicted molar refractivity (Wildman–Crippen MR) is 150 cm³/mol. The number of anilines is 1. The van der Waals surface area contributed by atoms with Gasteiger partial charge in [0.25, 0.3) is 0 Å². The summed E-state index contributed by atoms with van der Waals surface area (Å²) in [5.74, 6) is -0.660. The fourth-order valence-electron chi connectivity index (χ4n) is 4.82. The second-order valence-corrected chi connectivity index (χ2v) is 11.5. The third-order valence-corrected chi connectivity index (χ3v) is 8.06. The van der Waals surface area contributed by atoms with Crippen LogP contribution in [0.2, 0.25) is 0 Å². The highest BCUT2D eigenvalue weighted by molar-refractivity contribution is 9.10. The molecule has 4 rings (SSSR count). The van der Waals surface area contributed by atoms with E-state index in [1.165, 1.54) is 23.8 Å². The molecule has 1 fully saturated rings. The van der Waals surface area contributed by atoms with Crippen LogP contribution in [0.25, 0.3) is 0 Å². The minimum atomic E-state index is -4.49. The van der Waals surface area contributed by atoms with Gasteiger partial charge in [-0.1, -0.05) is 46.3 Å². The molecule has 1 aliphatic rings. The molecule has 1 aliphatic heterocycles. The van der Waals surface area contributed by atoms with Gasteiger partial charge in [0.1, 0.15) is 0 Å². The molecule has 0 bridgehead atoms. The van der Waals surface area contributed by atoms with Gasteiger partial charge in [-0.3, -0.25) is 9.59 Å². The lowest BCUT2D eigenvalue weighted by Crippen LogP contribution is -2.36. The number of carbonyl (C=O) groups is 2. The highest BCUT2D eigenvalue weighted by atomic mass is 79.9. The van der Waals surface area contributed by atoms with Gasteiger partial charge in [0.2, 0.25) is 11.8 Å². The molecule has 1 unspecified atom stereocenters. The van der Waals surface area contributed by atoms with Crippen molar-refractivity contribution in [3.63, 3.8) is 0 Å². The Morgan fingerprint density at radius 1 is 1.15 bits per heavy atom. The first-order chi connectivity index (χ1) is 18.6. The number of carbonyl (C=O) groups excluding carboxylic acids is 2. The first-order valence-corrected chi connectivity index (χ1v) is 14.4. The number of hydrogen-bond acceptors (Lipinski definition) is 5. The number of nitrogens with one attached hydrogen (secondary N) is 2. The lowest BCUT2D eigenvalue weighted by Gasteiger charge is -2.32. The van der Waals surface area contributed by atoms with Gasteiger partial charge in [0.05, 0.1) is 17.2 Å². The standard InChI is InChI=1S/C28H30BrF3N4O2S/c1-18(37)34-27-35-25(17-39-27)24(9-12-36-10-7-21(8-11-36)20-5-3-2-4-6-20)26(38)33-16-19-13-22(28(30,31)32)15-23(29)14-19/h2-6,13-15,17,21,24H,7-12,16H2,1H3,(H,33,38)(H,34,35,37).